The summed E-state index contributed by atoms with van der Waals surface area (Å²) in [4.78, 5) is 0. The molecule has 0 heterocycles. The minimum Gasteiger partial charge on any atom is -0.344 e. The van der Waals surface area contributed by atoms with E-state index in [1.165, 1.54) is 18.6 Å². The summed E-state index contributed by atoms with van der Waals surface area (Å²) < 4.78 is 0. The first-order valence-electron chi connectivity index (χ1n) is 2.60. The van der Waals surface area contributed by atoms with E-state index in [4.69, 9.17) is 16.2 Å². The highest BCUT2D eigenvalue weighted by Crippen LogP contribution is 1.17. The largest absolute Gasteiger partial charge is 0.344 e. The Morgan fingerprint density at radius 3 is 0.727 bits per heavy atom. The van der Waals surface area contributed by atoms with Crippen molar-refractivity contribution in [3.05, 3.63) is 0 Å². The maximum Gasteiger partial charge on any atom is -0.00788 e. The molecule has 0 aromatic rings. The molecular formula is C6H19ClN4. The van der Waals surface area contributed by atoms with Crippen molar-refractivity contribution >= 4 is 31.1 Å². The first kappa shape index (κ1) is 31.8. The van der Waals surface area contributed by atoms with Crippen LogP contribution < -0.4 is 6.15 Å². The van der Waals surface area contributed by atoms with Crippen LogP contribution >= 0.6 is 12.4 Å². The SMILES string of the molecule is CC=N.CC=N.CC=N.Cl.N. The molecule has 0 radical (unpaired) electrons. The van der Waals surface area contributed by atoms with Crippen LogP contribution in [0.2, 0.25) is 0 Å². The summed E-state index contributed by atoms with van der Waals surface area (Å²) in [6.07, 6.45) is 3.75. The number of hydrogen-bond donors (Lipinski definition) is 4. The van der Waals surface area contributed by atoms with E-state index in [-0.39, 0.29) is 18.6 Å². The van der Waals surface area contributed by atoms with Crippen LogP contribution in [0.3, 0.4) is 0 Å². The van der Waals surface area contributed by atoms with E-state index < -0.39 is 0 Å². The highest BCUT2D eigenvalue weighted by Gasteiger charge is 1.17. The normalized spacial score (nSPS) is 3.55. The smallest absolute Gasteiger partial charge is 0.00788 e. The molecule has 0 amide bonds. The van der Waals surface area contributed by atoms with Crippen molar-refractivity contribution in [1.82, 2.24) is 6.15 Å². The van der Waals surface area contributed by atoms with Gasteiger partial charge in [0.15, 0.2) is 0 Å². The van der Waals surface area contributed by atoms with Gasteiger partial charge in [0.1, 0.15) is 0 Å². The predicted octanol–water partition coefficient (Wildman–Crippen LogP) is 2.55. The van der Waals surface area contributed by atoms with E-state index in [2.05, 4.69) is 0 Å². The quantitative estimate of drug-likeness (QED) is 0.425. The van der Waals surface area contributed by atoms with Crippen LogP contribution in [0.5, 0.6) is 0 Å². The number of rotatable bonds is 0. The highest BCUT2D eigenvalue weighted by atomic mass is 35.5. The van der Waals surface area contributed by atoms with Crippen LogP contribution in [-0.4, -0.2) is 18.6 Å². The van der Waals surface area contributed by atoms with Gasteiger partial charge in [0, 0.05) is 0 Å². The molecule has 0 rings (SSSR count). The molecule has 0 fully saturated rings. The molecule has 0 aliphatic rings. The third-order valence-electron chi connectivity index (χ3n) is 0. The minimum absolute atomic E-state index is 0. The van der Waals surface area contributed by atoms with Crippen LogP contribution in [0.25, 0.3) is 0 Å². The third-order valence-corrected chi connectivity index (χ3v) is 0. The van der Waals surface area contributed by atoms with E-state index >= 15 is 0 Å². The molecule has 6 N–H and O–H groups in total. The average molecular weight is 183 g/mol. The van der Waals surface area contributed by atoms with Crippen molar-refractivity contribution in [2.45, 2.75) is 20.8 Å². The Hall–Kier alpha value is -0.740. The molecule has 0 spiro atoms. The summed E-state index contributed by atoms with van der Waals surface area (Å²) in [7, 11) is 0. The third kappa shape index (κ3) is 891. The fourth-order valence-electron chi connectivity index (χ4n) is 0. The van der Waals surface area contributed by atoms with Crippen LogP contribution in [0.1, 0.15) is 20.8 Å². The summed E-state index contributed by atoms with van der Waals surface area (Å²) in [6, 6.07) is 0. The average Bonchev–Trinajstić information content (AvgIpc) is 1.70. The van der Waals surface area contributed by atoms with Crippen LogP contribution in [0.4, 0.5) is 0 Å². The molecule has 70 valence electrons. The molecule has 0 aliphatic carbocycles. The lowest BCUT2D eigenvalue weighted by atomic mass is 10.9. The molecule has 0 atom stereocenters. The molecule has 0 bridgehead atoms. The number of hydrogen-bond acceptors (Lipinski definition) is 4. The van der Waals surface area contributed by atoms with E-state index in [0.29, 0.717) is 0 Å². The van der Waals surface area contributed by atoms with Crippen LogP contribution in [-0.2, 0) is 0 Å². The molecule has 0 unspecified atom stereocenters. The van der Waals surface area contributed by atoms with Gasteiger partial charge in [-0.1, -0.05) is 0 Å². The Bertz CT molecular complexity index is 51.3. The second-order valence-electron chi connectivity index (χ2n) is 0.866. The van der Waals surface area contributed by atoms with Gasteiger partial charge in [0.05, 0.1) is 0 Å². The Morgan fingerprint density at radius 1 is 0.727 bits per heavy atom. The topological polar surface area (TPSA) is 107 Å². The Labute approximate surface area is 74.9 Å². The maximum absolute atomic E-state index is 6.08. The first-order chi connectivity index (χ1) is 4.24. The second-order valence-corrected chi connectivity index (χ2v) is 0.866. The molecule has 0 saturated carbocycles. The van der Waals surface area contributed by atoms with E-state index in [9.17, 15) is 0 Å². The van der Waals surface area contributed by atoms with Gasteiger partial charge in [-0.3, -0.25) is 0 Å². The van der Waals surface area contributed by atoms with Gasteiger partial charge >= 0.3 is 0 Å². The molecule has 4 nitrogen and oxygen atoms in total. The Kier molecular flexibility index (Phi) is 358. The minimum atomic E-state index is 0. The lowest BCUT2D eigenvalue weighted by Gasteiger charge is -1.30. The first-order valence-corrected chi connectivity index (χ1v) is 2.60. The lowest BCUT2D eigenvalue weighted by molar-refractivity contribution is 1.55. The van der Waals surface area contributed by atoms with Crippen molar-refractivity contribution in [2.75, 3.05) is 0 Å². The summed E-state index contributed by atoms with van der Waals surface area (Å²) in [5, 5.41) is 18.2. The van der Waals surface area contributed by atoms with Crippen molar-refractivity contribution in [2.24, 2.45) is 0 Å². The number of nitrogens with one attached hydrogen (secondary N) is 3. The van der Waals surface area contributed by atoms with Crippen molar-refractivity contribution in [3.63, 3.8) is 0 Å². The van der Waals surface area contributed by atoms with Crippen LogP contribution in [0.15, 0.2) is 0 Å². The molecule has 11 heavy (non-hydrogen) atoms. The molecule has 0 aliphatic heterocycles. The fraction of sp³-hybridized carbons (Fsp3) is 0.500. The van der Waals surface area contributed by atoms with E-state index in [1.54, 1.807) is 20.8 Å². The van der Waals surface area contributed by atoms with Gasteiger partial charge < -0.3 is 22.4 Å². The lowest BCUT2D eigenvalue weighted by Crippen LogP contribution is -1.32. The molecule has 0 aromatic heterocycles. The van der Waals surface area contributed by atoms with Gasteiger partial charge in [0.2, 0.25) is 0 Å². The molecule has 0 saturated heterocycles. The summed E-state index contributed by atoms with van der Waals surface area (Å²) >= 11 is 0. The van der Waals surface area contributed by atoms with Crippen molar-refractivity contribution in [3.8, 4) is 0 Å². The van der Waals surface area contributed by atoms with Gasteiger partial charge in [0.25, 0.3) is 0 Å². The standard InChI is InChI=1S/3C2H5N.ClH.H3N/c3*1-2-3;;/h3*2-3H,1H3;1H;1H3. The maximum atomic E-state index is 6.08. The van der Waals surface area contributed by atoms with Crippen molar-refractivity contribution < 1.29 is 0 Å². The Morgan fingerprint density at radius 2 is 0.727 bits per heavy atom. The number of halogens is 1. The summed E-state index contributed by atoms with van der Waals surface area (Å²) in [5.74, 6) is 0. The zero-order valence-corrected chi connectivity index (χ0v) is 8.16. The molecule has 0 aromatic carbocycles. The Balaban J connectivity index is -0.0000000150. The monoisotopic (exact) mass is 182 g/mol. The second kappa shape index (κ2) is 124. The van der Waals surface area contributed by atoms with E-state index in [1.807, 2.05) is 0 Å². The predicted molar refractivity (Wildman–Crippen MR) is 55.6 cm³/mol. The summed E-state index contributed by atoms with van der Waals surface area (Å²) in [6.45, 7) is 5.00. The molecular weight excluding hydrogens is 164 g/mol. The van der Waals surface area contributed by atoms with Gasteiger partial charge in [-0.25, -0.2) is 0 Å². The van der Waals surface area contributed by atoms with Gasteiger partial charge in [-0.15, -0.1) is 12.4 Å². The summed E-state index contributed by atoms with van der Waals surface area (Å²) in [5.41, 5.74) is 0. The van der Waals surface area contributed by atoms with Gasteiger partial charge in [-0.2, -0.15) is 0 Å². The zero-order chi connectivity index (χ0) is 8.12. The van der Waals surface area contributed by atoms with Gasteiger partial charge in [-0.05, 0) is 39.4 Å². The zero-order valence-electron chi connectivity index (χ0n) is 7.35. The van der Waals surface area contributed by atoms with E-state index in [0.717, 1.165) is 0 Å². The van der Waals surface area contributed by atoms with Crippen LogP contribution in [0, 0.1) is 16.2 Å². The fourth-order valence-corrected chi connectivity index (χ4v) is 0. The van der Waals surface area contributed by atoms with Crippen molar-refractivity contribution in [1.29, 1.82) is 16.2 Å². The highest BCUT2D eigenvalue weighted by molar-refractivity contribution is 5.85. The molecule has 5 heteroatoms.